The molecule has 0 aliphatic rings. The summed E-state index contributed by atoms with van der Waals surface area (Å²) in [7, 11) is 3.22. The first-order valence-corrected chi connectivity index (χ1v) is 4.74. The Bertz CT molecular complexity index is 502. The number of nitrogen functional groups attached to an aromatic ring is 1. The van der Waals surface area contributed by atoms with Crippen LogP contribution in [-0.4, -0.2) is 16.9 Å². The van der Waals surface area contributed by atoms with Gasteiger partial charge in [-0.2, -0.15) is 5.10 Å². The van der Waals surface area contributed by atoms with Gasteiger partial charge in [0.05, 0.1) is 12.8 Å². The normalized spacial score (nSPS) is 10.4. The molecule has 1 aromatic heterocycles. The largest absolute Gasteiger partial charge is 0.497 e. The van der Waals surface area contributed by atoms with Crippen molar-refractivity contribution >= 4 is 5.82 Å². The summed E-state index contributed by atoms with van der Waals surface area (Å²) in [6.45, 7) is 0. The Hall–Kier alpha value is -2.04. The molecule has 0 aliphatic carbocycles. The minimum absolute atomic E-state index is 0.362. The second-order valence-corrected chi connectivity index (χ2v) is 3.46. The molecule has 0 saturated carbocycles. The molecule has 2 aromatic rings. The SMILES string of the molecule is COc1cc(F)cc(-c2cc(N)n(C)n2)c1. The first-order chi connectivity index (χ1) is 7.60. The van der Waals surface area contributed by atoms with E-state index in [-0.39, 0.29) is 5.82 Å². The summed E-state index contributed by atoms with van der Waals surface area (Å²) in [4.78, 5) is 0. The van der Waals surface area contributed by atoms with Crippen molar-refractivity contribution in [2.75, 3.05) is 12.8 Å². The molecular weight excluding hydrogens is 209 g/mol. The first kappa shape index (κ1) is 10.5. The number of anilines is 1. The summed E-state index contributed by atoms with van der Waals surface area (Å²) in [6.07, 6.45) is 0. The van der Waals surface area contributed by atoms with Gasteiger partial charge in [0, 0.05) is 24.7 Å². The zero-order valence-electron chi connectivity index (χ0n) is 9.07. The quantitative estimate of drug-likeness (QED) is 0.841. The number of hydrogen-bond donors (Lipinski definition) is 1. The van der Waals surface area contributed by atoms with Gasteiger partial charge >= 0.3 is 0 Å². The molecule has 0 spiro atoms. The topological polar surface area (TPSA) is 53.1 Å². The highest BCUT2D eigenvalue weighted by Crippen LogP contribution is 2.25. The number of halogens is 1. The summed E-state index contributed by atoms with van der Waals surface area (Å²) in [5.74, 6) is 0.621. The van der Waals surface area contributed by atoms with Crippen LogP contribution in [0.15, 0.2) is 24.3 Å². The molecule has 0 bridgehead atoms. The maximum atomic E-state index is 13.3. The Kier molecular flexibility index (Phi) is 2.52. The van der Waals surface area contributed by atoms with Crippen molar-refractivity contribution in [3.8, 4) is 17.0 Å². The molecule has 0 saturated heterocycles. The minimum Gasteiger partial charge on any atom is -0.497 e. The van der Waals surface area contributed by atoms with Crippen molar-refractivity contribution in [2.24, 2.45) is 7.05 Å². The summed E-state index contributed by atoms with van der Waals surface area (Å²) in [5, 5.41) is 4.17. The smallest absolute Gasteiger partial charge is 0.127 e. The Labute approximate surface area is 92.4 Å². The molecule has 1 aromatic carbocycles. The summed E-state index contributed by atoms with van der Waals surface area (Å²) in [6, 6.07) is 6.11. The van der Waals surface area contributed by atoms with E-state index in [0.717, 1.165) is 0 Å². The van der Waals surface area contributed by atoms with Gasteiger partial charge in [-0.3, -0.25) is 4.68 Å². The highest BCUT2D eigenvalue weighted by molar-refractivity contribution is 5.64. The average Bonchev–Trinajstić information content (AvgIpc) is 2.58. The van der Waals surface area contributed by atoms with E-state index >= 15 is 0 Å². The second-order valence-electron chi connectivity index (χ2n) is 3.46. The second kappa shape index (κ2) is 3.84. The molecule has 2 rings (SSSR count). The van der Waals surface area contributed by atoms with Gasteiger partial charge in [-0.05, 0) is 12.1 Å². The Morgan fingerprint density at radius 2 is 2.06 bits per heavy atom. The minimum atomic E-state index is -0.362. The zero-order valence-corrected chi connectivity index (χ0v) is 9.07. The van der Waals surface area contributed by atoms with Crippen LogP contribution in [0.1, 0.15) is 0 Å². The standard InChI is InChI=1S/C11H12FN3O/c1-15-11(13)6-10(14-15)7-3-8(12)5-9(4-7)16-2/h3-6H,13H2,1-2H3. The lowest BCUT2D eigenvalue weighted by Gasteiger charge is -2.02. The zero-order chi connectivity index (χ0) is 11.7. The van der Waals surface area contributed by atoms with Crippen molar-refractivity contribution < 1.29 is 9.13 Å². The van der Waals surface area contributed by atoms with Crippen molar-refractivity contribution in [2.45, 2.75) is 0 Å². The molecular formula is C11H12FN3O. The van der Waals surface area contributed by atoms with Gasteiger partial charge < -0.3 is 10.5 Å². The highest BCUT2D eigenvalue weighted by atomic mass is 19.1. The number of benzene rings is 1. The van der Waals surface area contributed by atoms with Gasteiger partial charge in [-0.25, -0.2) is 4.39 Å². The molecule has 0 fully saturated rings. The van der Waals surface area contributed by atoms with Gasteiger partial charge in [-0.1, -0.05) is 0 Å². The van der Waals surface area contributed by atoms with Crippen LogP contribution in [0.5, 0.6) is 5.75 Å². The lowest BCUT2D eigenvalue weighted by Crippen LogP contribution is -1.96. The fourth-order valence-corrected chi connectivity index (χ4v) is 1.45. The molecule has 0 atom stereocenters. The maximum absolute atomic E-state index is 13.3. The molecule has 4 nitrogen and oxygen atoms in total. The van der Waals surface area contributed by atoms with Gasteiger partial charge in [0.25, 0.3) is 0 Å². The van der Waals surface area contributed by atoms with E-state index in [9.17, 15) is 4.39 Å². The number of ether oxygens (including phenoxy) is 1. The Morgan fingerprint density at radius 3 is 2.62 bits per heavy atom. The predicted octanol–water partition coefficient (Wildman–Crippen LogP) is 1.82. The van der Waals surface area contributed by atoms with Gasteiger partial charge in [0.1, 0.15) is 17.4 Å². The lowest BCUT2D eigenvalue weighted by molar-refractivity contribution is 0.411. The van der Waals surface area contributed by atoms with Crippen molar-refractivity contribution in [3.05, 3.63) is 30.1 Å². The molecule has 0 amide bonds. The van der Waals surface area contributed by atoms with E-state index in [1.165, 1.54) is 23.9 Å². The molecule has 2 N–H and O–H groups in total. The maximum Gasteiger partial charge on any atom is 0.127 e. The monoisotopic (exact) mass is 221 g/mol. The van der Waals surface area contributed by atoms with Gasteiger partial charge in [0.2, 0.25) is 0 Å². The van der Waals surface area contributed by atoms with E-state index < -0.39 is 0 Å². The average molecular weight is 221 g/mol. The third-order valence-corrected chi connectivity index (χ3v) is 2.32. The molecule has 0 radical (unpaired) electrons. The fourth-order valence-electron chi connectivity index (χ4n) is 1.45. The summed E-state index contributed by atoms with van der Waals surface area (Å²) < 4.78 is 19.8. The predicted molar refractivity (Wildman–Crippen MR) is 59.6 cm³/mol. The number of methoxy groups -OCH3 is 1. The Morgan fingerprint density at radius 1 is 1.31 bits per heavy atom. The van der Waals surface area contributed by atoms with Crippen LogP contribution in [0.25, 0.3) is 11.3 Å². The van der Waals surface area contributed by atoms with E-state index in [0.29, 0.717) is 22.8 Å². The van der Waals surface area contributed by atoms with Crippen LogP contribution in [0, 0.1) is 5.82 Å². The number of rotatable bonds is 2. The van der Waals surface area contributed by atoms with E-state index in [2.05, 4.69) is 5.10 Å². The summed E-state index contributed by atoms with van der Waals surface area (Å²) >= 11 is 0. The van der Waals surface area contributed by atoms with Crippen molar-refractivity contribution in [1.82, 2.24) is 9.78 Å². The number of aromatic nitrogens is 2. The molecule has 1 heterocycles. The molecule has 5 heteroatoms. The molecule has 16 heavy (non-hydrogen) atoms. The third kappa shape index (κ3) is 1.84. The van der Waals surface area contributed by atoms with E-state index in [4.69, 9.17) is 10.5 Å². The van der Waals surface area contributed by atoms with Crippen LogP contribution >= 0.6 is 0 Å². The van der Waals surface area contributed by atoms with Crippen LogP contribution in [-0.2, 0) is 7.05 Å². The van der Waals surface area contributed by atoms with Crippen molar-refractivity contribution in [1.29, 1.82) is 0 Å². The first-order valence-electron chi connectivity index (χ1n) is 4.74. The van der Waals surface area contributed by atoms with Crippen LogP contribution < -0.4 is 10.5 Å². The van der Waals surface area contributed by atoms with Crippen LogP contribution in [0.3, 0.4) is 0 Å². The third-order valence-electron chi connectivity index (χ3n) is 2.32. The Balaban J connectivity index is 2.50. The van der Waals surface area contributed by atoms with Crippen molar-refractivity contribution in [3.63, 3.8) is 0 Å². The number of aryl methyl sites for hydroxylation is 1. The van der Waals surface area contributed by atoms with E-state index in [1.807, 2.05) is 0 Å². The number of hydrogen-bond acceptors (Lipinski definition) is 3. The van der Waals surface area contributed by atoms with Gasteiger partial charge in [0.15, 0.2) is 0 Å². The van der Waals surface area contributed by atoms with Crippen LogP contribution in [0.2, 0.25) is 0 Å². The molecule has 84 valence electrons. The van der Waals surface area contributed by atoms with E-state index in [1.54, 1.807) is 19.2 Å². The van der Waals surface area contributed by atoms with Crippen LogP contribution in [0.4, 0.5) is 10.2 Å². The molecule has 0 unspecified atom stereocenters. The molecule has 0 aliphatic heterocycles. The fraction of sp³-hybridized carbons (Fsp3) is 0.182. The highest BCUT2D eigenvalue weighted by Gasteiger charge is 2.08. The number of nitrogens with two attached hydrogens (primary N) is 1. The number of nitrogens with zero attached hydrogens (tertiary/aromatic N) is 2. The lowest BCUT2D eigenvalue weighted by atomic mass is 10.1. The summed E-state index contributed by atoms with van der Waals surface area (Å²) in [5.41, 5.74) is 6.93. The van der Waals surface area contributed by atoms with Gasteiger partial charge in [-0.15, -0.1) is 0 Å².